The van der Waals surface area contributed by atoms with Crippen LogP contribution in [0.1, 0.15) is 5.56 Å². The molecule has 57 heavy (non-hydrogen) atoms. The fourth-order valence-corrected chi connectivity index (χ4v) is 8.77. The number of para-hydroxylation sites is 4. The Kier molecular flexibility index (Phi) is 7.65. The van der Waals surface area contributed by atoms with E-state index in [4.69, 9.17) is 0 Å². The molecule has 0 atom stereocenters. The Hall–Kier alpha value is -7.62. The summed E-state index contributed by atoms with van der Waals surface area (Å²) in [7, 11) is 0. The molecule has 3 nitrogen and oxygen atoms in total. The molecule has 0 spiro atoms. The van der Waals surface area contributed by atoms with Crippen molar-refractivity contribution in [3.05, 3.63) is 217 Å². The molecule has 0 aliphatic heterocycles. The molecule has 0 aliphatic carbocycles. The van der Waals surface area contributed by atoms with E-state index in [2.05, 4.69) is 233 Å². The summed E-state index contributed by atoms with van der Waals surface area (Å²) in [5.74, 6) is 0. The lowest BCUT2D eigenvalue weighted by Gasteiger charge is -2.22. The van der Waals surface area contributed by atoms with E-state index in [1.165, 1.54) is 65.9 Å². The standard InChI is InChI=1S/C54H37N3/c1-37-45-18-8-11-21-50(45)57-52-23-13-10-20-47(52)49(54(37)57)34-35-55(42-29-24-39(25-30-42)38-14-4-2-5-15-38)43-31-26-40(27-32-43)41-28-33-48-46-19-9-12-22-51(46)56(53(48)36-41)44-16-6-3-7-17-44/h2-36H,1H2/b35-34+. The van der Waals surface area contributed by atoms with Crippen molar-refractivity contribution in [2.24, 2.45) is 0 Å². The molecule has 0 aliphatic rings. The van der Waals surface area contributed by atoms with Crippen LogP contribution < -0.4 is 10.1 Å². The average Bonchev–Trinajstić information content (AvgIpc) is 3.90. The van der Waals surface area contributed by atoms with Gasteiger partial charge >= 0.3 is 0 Å². The number of hydrogen-bond acceptors (Lipinski definition) is 1. The van der Waals surface area contributed by atoms with E-state index in [1.807, 2.05) is 0 Å². The van der Waals surface area contributed by atoms with E-state index >= 15 is 0 Å². The van der Waals surface area contributed by atoms with Crippen molar-refractivity contribution < 1.29 is 0 Å². The monoisotopic (exact) mass is 727 g/mol. The number of aromatic nitrogens is 2. The van der Waals surface area contributed by atoms with Gasteiger partial charge in [-0.15, -0.1) is 0 Å². The van der Waals surface area contributed by atoms with Crippen LogP contribution in [0.5, 0.6) is 0 Å². The van der Waals surface area contributed by atoms with Crippen LogP contribution in [0.4, 0.5) is 11.4 Å². The fourth-order valence-electron chi connectivity index (χ4n) is 8.77. The van der Waals surface area contributed by atoms with E-state index in [0.717, 1.165) is 33.4 Å². The van der Waals surface area contributed by atoms with Crippen LogP contribution in [0, 0.1) is 0 Å². The number of fused-ring (bicyclic) bond motifs is 8. The fraction of sp³-hybridized carbons (Fsp3) is 0. The first-order valence-corrected chi connectivity index (χ1v) is 19.5. The minimum atomic E-state index is 1.05. The highest BCUT2D eigenvalue weighted by molar-refractivity contribution is 6.10. The number of nitrogens with zero attached hydrogens (tertiary/aromatic N) is 3. The molecule has 3 aromatic heterocycles. The molecular weight excluding hydrogens is 691 g/mol. The smallest absolute Gasteiger partial charge is 0.0615 e. The summed E-state index contributed by atoms with van der Waals surface area (Å²) in [5.41, 5.74) is 15.1. The number of rotatable bonds is 7. The van der Waals surface area contributed by atoms with E-state index in [-0.39, 0.29) is 0 Å². The lowest BCUT2D eigenvalue weighted by Crippen LogP contribution is -2.08. The van der Waals surface area contributed by atoms with Gasteiger partial charge in [-0.25, -0.2) is 0 Å². The van der Waals surface area contributed by atoms with Gasteiger partial charge in [-0.1, -0.05) is 146 Å². The molecule has 11 aromatic rings. The molecule has 8 aromatic carbocycles. The van der Waals surface area contributed by atoms with Crippen LogP contribution in [0.3, 0.4) is 0 Å². The Morgan fingerprint density at radius 3 is 1.58 bits per heavy atom. The maximum atomic E-state index is 4.60. The Bertz CT molecular complexity index is 3340. The van der Waals surface area contributed by atoms with Gasteiger partial charge in [0.2, 0.25) is 0 Å². The van der Waals surface area contributed by atoms with Gasteiger partial charge in [-0.05, 0) is 89.0 Å². The number of benzene rings is 8. The van der Waals surface area contributed by atoms with Crippen molar-refractivity contribution in [3.63, 3.8) is 0 Å². The Morgan fingerprint density at radius 1 is 0.404 bits per heavy atom. The first-order chi connectivity index (χ1) is 28.2. The summed E-state index contributed by atoms with van der Waals surface area (Å²) in [4.78, 5) is 2.29. The predicted octanol–water partition coefficient (Wildman–Crippen LogP) is 13.6. The number of anilines is 2. The normalized spacial score (nSPS) is 11.9. The van der Waals surface area contributed by atoms with Gasteiger partial charge in [0.1, 0.15) is 0 Å². The van der Waals surface area contributed by atoms with Gasteiger partial charge in [-0.2, -0.15) is 0 Å². The van der Waals surface area contributed by atoms with E-state index in [0.29, 0.717) is 0 Å². The van der Waals surface area contributed by atoms with E-state index in [1.54, 1.807) is 0 Å². The second kappa shape index (κ2) is 13.3. The molecule has 0 fully saturated rings. The van der Waals surface area contributed by atoms with Crippen molar-refractivity contribution in [2.45, 2.75) is 0 Å². The van der Waals surface area contributed by atoms with Crippen LogP contribution in [0.25, 0.3) is 89.7 Å². The van der Waals surface area contributed by atoms with Gasteiger partial charge < -0.3 is 13.9 Å². The molecule has 0 unspecified atom stereocenters. The maximum absolute atomic E-state index is 4.60. The Morgan fingerprint density at radius 2 is 0.895 bits per heavy atom. The second-order valence-corrected chi connectivity index (χ2v) is 14.7. The molecule has 268 valence electrons. The Balaban J connectivity index is 1.03. The van der Waals surface area contributed by atoms with Crippen molar-refractivity contribution in [1.82, 2.24) is 8.97 Å². The SMILES string of the molecule is C=c1c2ccccc2n2c1c(/C=C/N(c1ccc(-c3ccccc3)cc1)c1ccc(-c3ccc4c5ccccc5n(-c5ccccc5)c4c3)cc1)c1ccccc12. The number of hydrogen-bond donors (Lipinski definition) is 0. The van der Waals surface area contributed by atoms with E-state index in [9.17, 15) is 0 Å². The van der Waals surface area contributed by atoms with Gasteiger partial charge in [0.15, 0.2) is 0 Å². The summed E-state index contributed by atoms with van der Waals surface area (Å²) in [6.45, 7) is 4.60. The summed E-state index contributed by atoms with van der Waals surface area (Å²) in [6, 6.07) is 71.8. The molecule has 0 bridgehead atoms. The van der Waals surface area contributed by atoms with Gasteiger partial charge in [-0.3, -0.25) is 0 Å². The molecule has 0 saturated carbocycles. The Labute approximate surface area is 330 Å². The van der Waals surface area contributed by atoms with Crippen LogP contribution >= 0.6 is 0 Å². The minimum absolute atomic E-state index is 1.05. The third-order valence-corrected chi connectivity index (χ3v) is 11.5. The third kappa shape index (κ3) is 5.36. The lowest BCUT2D eigenvalue weighted by atomic mass is 10.0. The van der Waals surface area contributed by atoms with E-state index < -0.39 is 0 Å². The maximum Gasteiger partial charge on any atom is 0.0615 e. The second-order valence-electron chi connectivity index (χ2n) is 14.7. The molecule has 0 N–H and O–H groups in total. The van der Waals surface area contributed by atoms with Gasteiger partial charge in [0.25, 0.3) is 0 Å². The minimum Gasteiger partial charge on any atom is -0.317 e. The van der Waals surface area contributed by atoms with Crippen LogP contribution in [-0.2, 0) is 0 Å². The van der Waals surface area contributed by atoms with Crippen LogP contribution in [0.15, 0.2) is 206 Å². The molecule has 0 saturated heterocycles. The molecular formula is C54H37N3. The summed E-state index contributed by atoms with van der Waals surface area (Å²) in [5, 5.41) is 5.94. The summed E-state index contributed by atoms with van der Waals surface area (Å²) < 4.78 is 4.75. The van der Waals surface area contributed by atoms with Crippen molar-refractivity contribution >= 4 is 73.2 Å². The summed E-state index contributed by atoms with van der Waals surface area (Å²) >= 11 is 0. The molecule has 0 amide bonds. The van der Waals surface area contributed by atoms with Gasteiger partial charge in [0.05, 0.1) is 27.6 Å². The highest BCUT2D eigenvalue weighted by atomic mass is 15.1. The first kappa shape index (κ1) is 32.8. The first-order valence-electron chi connectivity index (χ1n) is 19.5. The third-order valence-electron chi connectivity index (χ3n) is 11.5. The molecule has 3 heteroatoms. The predicted molar refractivity (Wildman–Crippen MR) is 242 cm³/mol. The van der Waals surface area contributed by atoms with Crippen LogP contribution in [-0.4, -0.2) is 8.97 Å². The zero-order valence-corrected chi connectivity index (χ0v) is 31.3. The topological polar surface area (TPSA) is 12.6 Å². The highest BCUT2D eigenvalue weighted by Crippen LogP contribution is 2.37. The molecule has 0 radical (unpaired) electrons. The lowest BCUT2D eigenvalue weighted by molar-refractivity contribution is 1.18. The largest absolute Gasteiger partial charge is 0.317 e. The van der Waals surface area contributed by atoms with Gasteiger partial charge in [0, 0.05) is 55.6 Å². The average molecular weight is 728 g/mol. The zero-order valence-electron chi connectivity index (χ0n) is 31.3. The molecule has 11 rings (SSSR count). The molecule has 3 heterocycles. The highest BCUT2D eigenvalue weighted by Gasteiger charge is 2.17. The van der Waals surface area contributed by atoms with Crippen molar-refractivity contribution in [3.8, 4) is 27.9 Å². The van der Waals surface area contributed by atoms with Crippen LogP contribution in [0.2, 0.25) is 0 Å². The summed E-state index contributed by atoms with van der Waals surface area (Å²) in [6.07, 6.45) is 4.48. The quantitative estimate of drug-likeness (QED) is 0.159. The van der Waals surface area contributed by atoms with Crippen molar-refractivity contribution in [2.75, 3.05) is 4.90 Å². The zero-order chi connectivity index (χ0) is 37.9. The van der Waals surface area contributed by atoms with Crippen molar-refractivity contribution in [1.29, 1.82) is 0 Å².